The predicted molar refractivity (Wildman–Crippen MR) is 94.2 cm³/mol. The van der Waals surface area contributed by atoms with Crippen molar-refractivity contribution in [1.82, 2.24) is 4.83 Å². The molecule has 2 bridgehead atoms. The molecule has 0 saturated heterocycles. The fourth-order valence-electron chi connectivity index (χ4n) is 4.37. The summed E-state index contributed by atoms with van der Waals surface area (Å²) in [7, 11) is -7.90. The molecule has 0 aromatic heterocycles. The standard InChI is InChI=1S/C16H22N2O5S2/c1-15-9-8-12(16(15,2)11-24(19,20)21)10-14(15)17-18-25(22,23)13-6-4-3-5-7-13/h3-7,12,18H,8-11H2,1-2H3,(H,19,20,21)/b17-14-. The summed E-state index contributed by atoms with van der Waals surface area (Å²) in [6.07, 6.45) is 2.09. The predicted octanol–water partition coefficient (Wildman–Crippen LogP) is 2.04. The molecule has 3 unspecified atom stereocenters. The third-order valence-corrected chi connectivity index (χ3v) is 8.26. The van der Waals surface area contributed by atoms with Crippen LogP contribution in [0.5, 0.6) is 0 Å². The zero-order chi connectivity index (χ0) is 18.5. The Balaban J connectivity index is 1.89. The van der Waals surface area contributed by atoms with E-state index in [1.807, 2.05) is 13.8 Å². The Morgan fingerprint density at radius 2 is 1.84 bits per heavy atom. The van der Waals surface area contributed by atoms with E-state index in [1.165, 1.54) is 12.1 Å². The van der Waals surface area contributed by atoms with Crippen LogP contribution in [-0.2, 0) is 20.1 Å². The first-order chi connectivity index (χ1) is 11.5. The molecule has 0 amide bonds. The van der Waals surface area contributed by atoms with E-state index in [4.69, 9.17) is 0 Å². The van der Waals surface area contributed by atoms with Crippen LogP contribution >= 0.6 is 0 Å². The first-order valence-corrected chi connectivity index (χ1v) is 11.2. The second-order valence-electron chi connectivity index (χ2n) is 7.38. The molecule has 1 aromatic rings. The summed E-state index contributed by atoms with van der Waals surface area (Å²) < 4.78 is 56.9. The summed E-state index contributed by atoms with van der Waals surface area (Å²) in [5, 5.41) is 4.15. The van der Waals surface area contributed by atoms with Crippen LogP contribution in [0.2, 0.25) is 0 Å². The van der Waals surface area contributed by atoms with E-state index in [9.17, 15) is 21.4 Å². The molecule has 3 rings (SSSR count). The second-order valence-corrected chi connectivity index (χ2v) is 10.5. The van der Waals surface area contributed by atoms with E-state index in [0.29, 0.717) is 12.1 Å². The number of rotatable bonds is 5. The van der Waals surface area contributed by atoms with Gasteiger partial charge in [-0.3, -0.25) is 4.55 Å². The van der Waals surface area contributed by atoms with Crippen molar-refractivity contribution >= 4 is 25.9 Å². The number of sulfonamides is 1. The Morgan fingerprint density at radius 1 is 1.20 bits per heavy atom. The minimum atomic E-state index is -4.13. The van der Waals surface area contributed by atoms with E-state index in [2.05, 4.69) is 9.93 Å². The molecule has 7 nitrogen and oxygen atoms in total. The third-order valence-electron chi connectivity index (χ3n) is 6.07. The maximum Gasteiger partial charge on any atom is 0.276 e. The Labute approximate surface area is 148 Å². The Morgan fingerprint density at radius 3 is 2.44 bits per heavy atom. The van der Waals surface area contributed by atoms with Gasteiger partial charge in [-0.2, -0.15) is 21.9 Å². The zero-order valence-corrected chi connectivity index (χ0v) is 15.8. The van der Waals surface area contributed by atoms with Crippen molar-refractivity contribution in [2.75, 3.05) is 5.75 Å². The number of fused-ring (bicyclic) bond motifs is 2. The number of hydrogen-bond acceptors (Lipinski definition) is 5. The van der Waals surface area contributed by atoms with Gasteiger partial charge in [-0.15, -0.1) is 0 Å². The van der Waals surface area contributed by atoms with Gasteiger partial charge >= 0.3 is 0 Å². The van der Waals surface area contributed by atoms with E-state index in [-0.39, 0.29) is 16.6 Å². The summed E-state index contributed by atoms with van der Waals surface area (Å²) in [6, 6.07) is 7.94. The van der Waals surface area contributed by atoms with Crippen molar-refractivity contribution < 1.29 is 21.4 Å². The highest BCUT2D eigenvalue weighted by molar-refractivity contribution is 7.89. The maximum atomic E-state index is 12.3. The van der Waals surface area contributed by atoms with Gasteiger partial charge in [0.2, 0.25) is 0 Å². The highest BCUT2D eigenvalue weighted by Gasteiger charge is 2.63. The lowest BCUT2D eigenvalue weighted by Crippen LogP contribution is -2.41. The second kappa shape index (κ2) is 5.78. The monoisotopic (exact) mass is 386 g/mol. The van der Waals surface area contributed by atoms with E-state index in [0.717, 1.165) is 12.8 Å². The van der Waals surface area contributed by atoms with Gasteiger partial charge < -0.3 is 0 Å². The molecule has 0 spiro atoms. The van der Waals surface area contributed by atoms with Crippen molar-refractivity contribution in [3.63, 3.8) is 0 Å². The number of benzene rings is 1. The number of hydrazone groups is 1. The van der Waals surface area contributed by atoms with Crippen LogP contribution in [0.4, 0.5) is 0 Å². The van der Waals surface area contributed by atoms with Gasteiger partial charge in [0.05, 0.1) is 10.6 Å². The minimum Gasteiger partial charge on any atom is -0.286 e. The summed E-state index contributed by atoms with van der Waals surface area (Å²) in [6.45, 7) is 3.74. The van der Waals surface area contributed by atoms with Crippen LogP contribution in [0.1, 0.15) is 33.1 Å². The fourth-order valence-corrected chi connectivity index (χ4v) is 6.53. The fraction of sp³-hybridized carbons (Fsp3) is 0.562. The average Bonchev–Trinajstić information content (AvgIpc) is 2.86. The summed E-state index contributed by atoms with van der Waals surface area (Å²) in [4.78, 5) is 2.39. The van der Waals surface area contributed by atoms with E-state index in [1.54, 1.807) is 18.2 Å². The summed E-state index contributed by atoms with van der Waals surface area (Å²) in [5.41, 5.74) is -0.570. The van der Waals surface area contributed by atoms with E-state index < -0.39 is 31.0 Å². The summed E-state index contributed by atoms with van der Waals surface area (Å²) in [5.74, 6) is -0.287. The van der Waals surface area contributed by atoms with E-state index >= 15 is 0 Å². The van der Waals surface area contributed by atoms with Gasteiger partial charge in [-0.25, -0.2) is 4.83 Å². The molecule has 1 aromatic carbocycles. The van der Waals surface area contributed by atoms with Crippen LogP contribution in [0, 0.1) is 16.7 Å². The third kappa shape index (κ3) is 3.09. The van der Waals surface area contributed by atoms with Crippen molar-refractivity contribution in [2.45, 2.75) is 38.0 Å². The van der Waals surface area contributed by atoms with Gasteiger partial charge in [-0.1, -0.05) is 32.0 Å². The molecule has 2 fully saturated rings. The van der Waals surface area contributed by atoms with Gasteiger partial charge in [0, 0.05) is 11.1 Å². The SMILES string of the molecule is CC12CCC(C/C1=N/NS(=O)(=O)c1ccccc1)C2(C)CS(=O)(=O)O. The molecule has 2 aliphatic rings. The molecule has 9 heteroatoms. The Kier molecular flexibility index (Phi) is 4.24. The highest BCUT2D eigenvalue weighted by Crippen LogP contribution is 2.64. The topological polar surface area (TPSA) is 113 Å². The molecular formula is C16H22N2O5S2. The first kappa shape index (κ1) is 18.3. The molecule has 25 heavy (non-hydrogen) atoms. The molecule has 138 valence electrons. The smallest absolute Gasteiger partial charge is 0.276 e. The molecule has 3 atom stereocenters. The van der Waals surface area contributed by atoms with Crippen LogP contribution in [-0.4, -0.2) is 32.9 Å². The van der Waals surface area contributed by atoms with Gasteiger partial charge in [0.25, 0.3) is 20.1 Å². The molecule has 2 N–H and O–H groups in total. The molecule has 0 radical (unpaired) electrons. The number of hydrogen-bond donors (Lipinski definition) is 2. The van der Waals surface area contributed by atoms with Crippen LogP contribution < -0.4 is 4.83 Å². The summed E-state index contributed by atoms with van der Waals surface area (Å²) >= 11 is 0. The van der Waals surface area contributed by atoms with Crippen molar-refractivity contribution in [1.29, 1.82) is 0 Å². The lowest BCUT2D eigenvalue weighted by molar-refractivity contribution is 0.193. The van der Waals surface area contributed by atoms with Crippen molar-refractivity contribution in [3.05, 3.63) is 30.3 Å². The molecule has 2 aliphatic carbocycles. The van der Waals surface area contributed by atoms with Gasteiger partial charge in [0.15, 0.2) is 0 Å². The molecular weight excluding hydrogens is 364 g/mol. The first-order valence-electron chi connectivity index (χ1n) is 8.07. The lowest BCUT2D eigenvalue weighted by Gasteiger charge is -2.36. The molecule has 0 aliphatic heterocycles. The normalized spacial score (nSPS) is 33.7. The maximum absolute atomic E-state index is 12.3. The van der Waals surface area contributed by atoms with Gasteiger partial charge in [-0.05, 0) is 42.7 Å². The highest BCUT2D eigenvalue weighted by atomic mass is 32.2. The van der Waals surface area contributed by atoms with Crippen LogP contribution in [0.3, 0.4) is 0 Å². The van der Waals surface area contributed by atoms with Gasteiger partial charge in [0.1, 0.15) is 0 Å². The largest absolute Gasteiger partial charge is 0.286 e. The number of nitrogens with zero attached hydrogens (tertiary/aromatic N) is 1. The minimum absolute atomic E-state index is 0.0550. The lowest BCUT2D eigenvalue weighted by atomic mass is 9.70. The Bertz CT molecular complexity index is 911. The molecule has 2 saturated carbocycles. The van der Waals surface area contributed by atoms with Crippen LogP contribution in [0.25, 0.3) is 0 Å². The van der Waals surface area contributed by atoms with Crippen molar-refractivity contribution in [3.8, 4) is 0 Å². The Hall–Kier alpha value is -1.45. The molecule has 0 heterocycles. The number of nitrogens with one attached hydrogen (secondary N) is 1. The van der Waals surface area contributed by atoms with Crippen LogP contribution in [0.15, 0.2) is 40.3 Å². The quantitative estimate of drug-likeness (QED) is 0.594. The average molecular weight is 386 g/mol. The van der Waals surface area contributed by atoms with Crippen molar-refractivity contribution in [2.24, 2.45) is 21.8 Å². The zero-order valence-electron chi connectivity index (χ0n) is 14.1.